The van der Waals surface area contributed by atoms with Gasteiger partial charge in [-0.25, -0.2) is 0 Å². The molecule has 0 radical (unpaired) electrons. The van der Waals surface area contributed by atoms with E-state index in [9.17, 15) is 4.79 Å². The molecule has 0 bridgehead atoms. The van der Waals surface area contributed by atoms with Gasteiger partial charge in [0.2, 0.25) is 0 Å². The lowest BCUT2D eigenvalue weighted by molar-refractivity contribution is 0.111. The molecular weight excluding hydrogens is 206 g/mol. The molecule has 1 aromatic heterocycles. The zero-order chi connectivity index (χ0) is 11.4. The summed E-state index contributed by atoms with van der Waals surface area (Å²) in [6.07, 6.45) is 0.676. The minimum absolute atomic E-state index is 0.309. The van der Waals surface area contributed by atoms with Crippen LogP contribution >= 0.6 is 0 Å². The van der Waals surface area contributed by atoms with Gasteiger partial charge in [0.1, 0.15) is 11.4 Å². The van der Waals surface area contributed by atoms with Crippen molar-refractivity contribution >= 4 is 6.29 Å². The number of carbonyl (C=O) groups excluding carboxylic acids is 1. The second-order valence-electron chi connectivity index (χ2n) is 3.13. The van der Waals surface area contributed by atoms with Crippen LogP contribution in [0.4, 0.5) is 0 Å². The molecule has 0 spiro atoms. The van der Waals surface area contributed by atoms with Crippen LogP contribution in [0.2, 0.25) is 0 Å². The van der Waals surface area contributed by atoms with Gasteiger partial charge in [-0.3, -0.25) is 4.79 Å². The van der Waals surface area contributed by atoms with Gasteiger partial charge in [-0.05, 0) is 31.2 Å². The van der Waals surface area contributed by atoms with Gasteiger partial charge in [0, 0.05) is 5.56 Å². The predicted octanol–water partition coefficient (Wildman–Crippen LogP) is 1.68. The van der Waals surface area contributed by atoms with Gasteiger partial charge >= 0.3 is 0 Å². The third-order valence-corrected chi connectivity index (χ3v) is 2.13. The highest BCUT2D eigenvalue weighted by Crippen LogP contribution is 2.21. The molecule has 0 aliphatic rings. The number of hydrogen-bond acceptors (Lipinski definition) is 4. The molecule has 2 rings (SSSR count). The van der Waals surface area contributed by atoms with E-state index in [2.05, 4.69) is 15.4 Å². The van der Waals surface area contributed by atoms with Gasteiger partial charge < -0.3 is 4.74 Å². The van der Waals surface area contributed by atoms with E-state index in [1.54, 1.807) is 0 Å². The Labute approximate surface area is 92.4 Å². The average molecular weight is 217 g/mol. The largest absolute Gasteiger partial charge is 0.494 e. The molecule has 0 amide bonds. The molecule has 0 atom stereocenters. The van der Waals surface area contributed by atoms with E-state index in [-0.39, 0.29) is 0 Å². The molecule has 5 heteroatoms. The van der Waals surface area contributed by atoms with Crippen molar-refractivity contribution in [3.05, 3.63) is 30.0 Å². The summed E-state index contributed by atoms with van der Waals surface area (Å²) in [5, 5.41) is 10.1. The monoisotopic (exact) mass is 217 g/mol. The van der Waals surface area contributed by atoms with Crippen LogP contribution in [0.1, 0.15) is 17.4 Å². The Morgan fingerprint density at radius 2 is 2.06 bits per heavy atom. The fourth-order valence-electron chi connectivity index (χ4n) is 1.41. The van der Waals surface area contributed by atoms with Crippen LogP contribution in [-0.4, -0.2) is 28.3 Å². The second kappa shape index (κ2) is 4.57. The molecule has 0 fully saturated rings. The molecule has 0 saturated heterocycles. The number of H-pyrrole nitrogens is 1. The molecule has 2 aromatic rings. The van der Waals surface area contributed by atoms with E-state index in [0.717, 1.165) is 11.3 Å². The van der Waals surface area contributed by atoms with Crippen molar-refractivity contribution in [2.45, 2.75) is 6.92 Å². The lowest BCUT2D eigenvalue weighted by Crippen LogP contribution is -1.91. The summed E-state index contributed by atoms with van der Waals surface area (Å²) >= 11 is 0. The Morgan fingerprint density at radius 3 is 2.69 bits per heavy atom. The zero-order valence-corrected chi connectivity index (χ0v) is 8.80. The van der Waals surface area contributed by atoms with E-state index in [4.69, 9.17) is 4.74 Å². The van der Waals surface area contributed by atoms with Gasteiger partial charge in [0.25, 0.3) is 0 Å². The number of rotatable bonds is 4. The molecular formula is C11H11N3O2. The van der Waals surface area contributed by atoms with Gasteiger partial charge in [0.15, 0.2) is 12.0 Å². The van der Waals surface area contributed by atoms with Crippen LogP contribution in [0, 0.1) is 0 Å². The number of hydrogen-bond donors (Lipinski definition) is 1. The summed E-state index contributed by atoms with van der Waals surface area (Å²) in [4.78, 5) is 10.7. The van der Waals surface area contributed by atoms with E-state index >= 15 is 0 Å². The van der Waals surface area contributed by atoms with Crippen molar-refractivity contribution in [2.75, 3.05) is 6.61 Å². The highest BCUT2D eigenvalue weighted by Gasteiger charge is 2.08. The van der Waals surface area contributed by atoms with Gasteiger partial charge in [-0.1, -0.05) is 0 Å². The summed E-state index contributed by atoms with van der Waals surface area (Å²) in [6, 6.07) is 7.36. The summed E-state index contributed by atoms with van der Waals surface area (Å²) in [5.74, 6) is 0.794. The van der Waals surface area contributed by atoms with Gasteiger partial charge in [0.05, 0.1) is 6.61 Å². The summed E-state index contributed by atoms with van der Waals surface area (Å²) in [5.41, 5.74) is 1.70. The van der Waals surface area contributed by atoms with Crippen molar-refractivity contribution in [1.82, 2.24) is 15.4 Å². The number of ether oxygens (including phenoxy) is 1. The lowest BCUT2D eigenvalue weighted by atomic mass is 10.1. The molecule has 82 valence electrons. The SMILES string of the molecule is CCOc1ccc(-c2n[nH]nc2C=O)cc1. The minimum atomic E-state index is 0.309. The standard InChI is InChI=1S/C11H11N3O2/c1-2-16-9-5-3-8(4-6-9)11-10(7-15)12-14-13-11/h3-7H,2H2,1H3,(H,12,13,14). The fraction of sp³-hybridized carbons (Fsp3) is 0.182. The maximum Gasteiger partial charge on any atom is 0.172 e. The first-order chi connectivity index (χ1) is 7.85. The highest BCUT2D eigenvalue weighted by molar-refractivity contribution is 5.82. The fourth-order valence-corrected chi connectivity index (χ4v) is 1.41. The zero-order valence-electron chi connectivity index (χ0n) is 8.80. The van der Waals surface area contributed by atoms with Crippen LogP contribution in [0.25, 0.3) is 11.3 Å². The van der Waals surface area contributed by atoms with Crippen LogP contribution in [0.3, 0.4) is 0 Å². The van der Waals surface area contributed by atoms with Crippen molar-refractivity contribution < 1.29 is 9.53 Å². The smallest absolute Gasteiger partial charge is 0.172 e. The molecule has 5 nitrogen and oxygen atoms in total. The third kappa shape index (κ3) is 1.93. The van der Waals surface area contributed by atoms with Gasteiger partial charge in [-0.15, -0.1) is 0 Å². The van der Waals surface area contributed by atoms with Crippen LogP contribution in [-0.2, 0) is 0 Å². The Morgan fingerprint density at radius 1 is 1.31 bits per heavy atom. The molecule has 1 heterocycles. The van der Waals surface area contributed by atoms with Crippen molar-refractivity contribution in [3.8, 4) is 17.0 Å². The lowest BCUT2D eigenvalue weighted by Gasteiger charge is -2.03. The number of aromatic amines is 1. The molecule has 0 aliphatic heterocycles. The van der Waals surface area contributed by atoms with Crippen molar-refractivity contribution in [2.24, 2.45) is 0 Å². The number of carbonyl (C=O) groups is 1. The number of nitrogens with one attached hydrogen (secondary N) is 1. The first-order valence-electron chi connectivity index (χ1n) is 4.94. The number of nitrogens with zero attached hydrogens (tertiary/aromatic N) is 2. The minimum Gasteiger partial charge on any atom is -0.494 e. The number of benzene rings is 1. The van der Waals surface area contributed by atoms with Crippen LogP contribution < -0.4 is 4.74 Å². The van der Waals surface area contributed by atoms with E-state index in [1.807, 2.05) is 31.2 Å². The maximum atomic E-state index is 10.7. The third-order valence-electron chi connectivity index (χ3n) is 2.13. The highest BCUT2D eigenvalue weighted by atomic mass is 16.5. The molecule has 1 aromatic carbocycles. The van der Waals surface area contributed by atoms with Crippen LogP contribution in [0.15, 0.2) is 24.3 Å². The van der Waals surface area contributed by atoms with Crippen LogP contribution in [0.5, 0.6) is 5.75 Å². The molecule has 0 unspecified atom stereocenters. The summed E-state index contributed by atoms with van der Waals surface area (Å²) in [6.45, 7) is 2.55. The predicted molar refractivity (Wildman–Crippen MR) is 58.4 cm³/mol. The first-order valence-corrected chi connectivity index (χ1v) is 4.94. The Hall–Kier alpha value is -2.17. The second-order valence-corrected chi connectivity index (χ2v) is 3.13. The number of aromatic nitrogens is 3. The molecule has 0 saturated carbocycles. The van der Waals surface area contributed by atoms with Crippen molar-refractivity contribution in [3.63, 3.8) is 0 Å². The Bertz CT molecular complexity index is 476. The van der Waals surface area contributed by atoms with E-state index in [1.165, 1.54) is 0 Å². The summed E-state index contributed by atoms with van der Waals surface area (Å²) in [7, 11) is 0. The maximum absolute atomic E-state index is 10.7. The topological polar surface area (TPSA) is 67.9 Å². The average Bonchev–Trinajstić information content (AvgIpc) is 2.78. The Balaban J connectivity index is 2.31. The van der Waals surface area contributed by atoms with E-state index < -0.39 is 0 Å². The quantitative estimate of drug-likeness (QED) is 0.791. The van der Waals surface area contributed by atoms with Crippen molar-refractivity contribution in [1.29, 1.82) is 0 Å². The summed E-state index contributed by atoms with van der Waals surface area (Å²) < 4.78 is 5.32. The number of aldehydes is 1. The normalized spacial score (nSPS) is 10.1. The Kier molecular flexibility index (Phi) is 2.95. The molecule has 1 N–H and O–H groups in total. The molecule has 16 heavy (non-hydrogen) atoms. The first kappa shape index (κ1) is 10.4. The van der Waals surface area contributed by atoms with E-state index in [0.29, 0.717) is 24.3 Å². The van der Waals surface area contributed by atoms with Gasteiger partial charge in [-0.2, -0.15) is 15.4 Å². The molecule has 0 aliphatic carbocycles.